The smallest absolute Gasteiger partial charge is 0.258 e. The zero-order valence-electron chi connectivity index (χ0n) is 22.1. The number of rotatable bonds is 11. The van der Waals surface area contributed by atoms with Crippen molar-refractivity contribution in [1.82, 2.24) is 14.5 Å². The molecule has 2 aromatic heterocycles. The van der Waals surface area contributed by atoms with Crippen molar-refractivity contribution in [3.8, 4) is 28.4 Å². The summed E-state index contributed by atoms with van der Waals surface area (Å²) in [6.07, 6.45) is 1.77. The molecular weight excluding hydrogens is 468 g/mol. The molecule has 0 unspecified atom stereocenters. The number of ether oxygens (including phenoxy) is 3. The van der Waals surface area contributed by atoms with Crippen LogP contribution < -0.4 is 25.1 Å². The van der Waals surface area contributed by atoms with Crippen molar-refractivity contribution in [2.24, 2.45) is 7.05 Å². The van der Waals surface area contributed by atoms with Crippen LogP contribution in [0, 0.1) is 0 Å². The van der Waals surface area contributed by atoms with Crippen molar-refractivity contribution in [2.45, 2.75) is 13.8 Å². The number of hydrogen-bond acceptors (Lipinski definition) is 7. The lowest BCUT2D eigenvalue weighted by atomic mass is 10.0. The molecule has 1 N–H and O–H groups in total. The van der Waals surface area contributed by atoms with E-state index < -0.39 is 0 Å². The lowest BCUT2D eigenvalue weighted by Gasteiger charge is -2.18. The minimum Gasteiger partial charge on any atom is -0.497 e. The van der Waals surface area contributed by atoms with E-state index in [0.717, 1.165) is 47.5 Å². The first kappa shape index (κ1) is 26.0. The lowest BCUT2D eigenvalue weighted by molar-refractivity contribution is 0.223. The van der Waals surface area contributed by atoms with Crippen molar-refractivity contribution in [3.63, 3.8) is 0 Å². The quantitative estimate of drug-likeness (QED) is 0.306. The molecule has 0 atom stereocenters. The zero-order chi connectivity index (χ0) is 26.4. The number of hydrogen-bond donors (Lipinski definition) is 1. The molecule has 194 valence electrons. The number of nitrogens with zero attached hydrogens (tertiary/aromatic N) is 3. The van der Waals surface area contributed by atoms with Crippen LogP contribution in [0.4, 0.5) is 11.5 Å². The molecule has 8 heteroatoms. The average Bonchev–Trinajstić information content (AvgIpc) is 2.93. The van der Waals surface area contributed by atoms with E-state index in [-0.39, 0.29) is 5.56 Å². The predicted molar refractivity (Wildman–Crippen MR) is 149 cm³/mol. The molecule has 4 rings (SSSR count). The molecule has 0 aliphatic heterocycles. The van der Waals surface area contributed by atoms with E-state index >= 15 is 0 Å². The zero-order valence-corrected chi connectivity index (χ0v) is 22.1. The van der Waals surface area contributed by atoms with Crippen LogP contribution in [0.5, 0.6) is 17.2 Å². The van der Waals surface area contributed by atoms with Crippen LogP contribution in [0.3, 0.4) is 0 Å². The fourth-order valence-electron chi connectivity index (χ4n) is 4.22. The summed E-state index contributed by atoms with van der Waals surface area (Å²) in [5.74, 6) is 2.71. The summed E-state index contributed by atoms with van der Waals surface area (Å²) in [6, 6.07) is 16.9. The molecule has 0 saturated carbocycles. The molecule has 0 aliphatic carbocycles. The third-order valence-corrected chi connectivity index (χ3v) is 6.47. The van der Waals surface area contributed by atoms with E-state index in [0.29, 0.717) is 29.5 Å². The Balaban J connectivity index is 1.54. The Hall–Kier alpha value is -4.04. The Morgan fingerprint density at radius 3 is 2.22 bits per heavy atom. The van der Waals surface area contributed by atoms with Crippen molar-refractivity contribution in [3.05, 3.63) is 71.1 Å². The van der Waals surface area contributed by atoms with Gasteiger partial charge >= 0.3 is 0 Å². The van der Waals surface area contributed by atoms with E-state index in [1.807, 2.05) is 48.5 Å². The molecule has 2 aromatic carbocycles. The molecule has 8 nitrogen and oxygen atoms in total. The molecule has 0 spiro atoms. The fraction of sp³-hybridized carbons (Fsp3) is 0.310. The van der Waals surface area contributed by atoms with Crippen molar-refractivity contribution < 1.29 is 14.2 Å². The van der Waals surface area contributed by atoms with Gasteiger partial charge in [0, 0.05) is 48.6 Å². The van der Waals surface area contributed by atoms with Gasteiger partial charge in [0.25, 0.3) is 5.56 Å². The third-order valence-electron chi connectivity index (χ3n) is 6.47. The monoisotopic (exact) mass is 502 g/mol. The number of fused-ring (bicyclic) bond motifs is 1. The second-order valence-electron chi connectivity index (χ2n) is 8.68. The number of methoxy groups -OCH3 is 2. The molecule has 4 aromatic rings. The summed E-state index contributed by atoms with van der Waals surface area (Å²) in [4.78, 5) is 20.2. The van der Waals surface area contributed by atoms with Crippen LogP contribution in [0.15, 0.2) is 65.6 Å². The van der Waals surface area contributed by atoms with E-state index in [9.17, 15) is 4.79 Å². The van der Waals surface area contributed by atoms with Gasteiger partial charge in [-0.3, -0.25) is 4.79 Å². The first-order valence-electron chi connectivity index (χ1n) is 12.4. The number of nitrogens with one attached hydrogen (secondary N) is 1. The topological polar surface area (TPSA) is 77.9 Å². The normalized spacial score (nSPS) is 11.1. The summed E-state index contributed by atoms with van der Waals surface area (Å²) in [5, 5.41) is 4.16. The third kappa shape index (κ3) is 6.03. The van der Waals surface area contributed by atoms with Crippen molar-refractivity contribution in [2.75, 3.05) is 45.8 Å². The van der Waals surface area contributed by atoms with Gasteiger partial charge in [0.2, 0.25) is 0 Å². The van der Waals surface area contributed by atoms with Crippen molar-refractivity contribution in [1.29, 1.82) is 0 Å². The summed E-state index contributed by atoms with van der Waals surface area (Å²) in [7, 11) is 4.94. The van der Waals surface area contributed by atoms with E-state index in [4.69, 9.17) is 14.2 Å². The first-order valence-corrected chi connectivity index (χ1v) is 12.4. The van der Waals surface area contributed by atoms with Gasteiger partial charge in [-0.05, 0) is 61.1 Å². The maximum atomic E-state index is 13.3. The van der Waals surface area contributed by atoms with Gasteiger partial charge in [-0.25, -0.2) is 4.98 Å². The van der Waals surface area contributed by atoms with E-state index in [1.165, 1.54) is 0 Å². The Bertz CT molecular complexity index is 1390. The molecule has 0 bridgehead atoms. The van der Waals surface area contributed by atoms with E-state index in [1.54, 1.807) is 38.1 Å². The highest BCUT2D eigenvalue weighted by molar-refractivity contribution is 5.86. The summed E-state index contributed by atoms with van der Waals surface area (Å²) in [6.45, 7) is 7.90. The molecule has 0 saturated heterocycles. The average molecular weight is 503 g/mol. The predicted octanol–water partition coefficient (Wildman–Crippen LogP) is 5.08. The highest BCUT2D eigenvalue weighted by atomic mass is 16.5. The molecule has 0 fully saturated rings. The molecular formula is C29H34N4O4. The number of pyridine rings is 2. The second-order valence-corrected chi connectivity index (χ2v) is 8.68. The highest BCUT2D eigenvalue weighted by Gasteiger charge is 2.13. The van der Waals surface area contributed by atoms with Gasteiger partial charge in [-0.15, -0.1) is 0 Å². The Labute approximate surface area is 217 Å². The number of anilines is 2. The Morgan fingerprint density at radius 1 is 0.919 bits per heavy atom. The van der Waals surface area contributed by atoms with Gasteiger partial charge in [0.1, 0.15) is 29.7 Å². The van der Waals surface area contributed by atoms with E-state index in [2.05, 4.69) is 29.0 Å². The van der Waals surface area contributed by atoms with Crippen LogP contribution >= 0.6 is 0 Å². The number of likely N-dealkylation sites (N-methyl/N-ethyl adjacent to an activating group) is 1. The summed E-state index contributed by atoms with van der Waals surface area (Å²) < 4.78 is 18.3. The maximum Gasteiger partial charge on any atom is 0.258 e. The summed E-state index contributed by atoms with van der Waals surface area (Å²) in [5.41, 5.74) is 2.81. The van der Waals surface area contributed by atoms with Gasteiger partial charge < -0.3 is 29.0 Å². The minimum absolute atomic E-state index is 0.119. The molecule has 0 radical (unpaired) electrons. The minimum atomic E-state index is -0.119. The van der Waals surface area contributed by atoms with Crippen LogP contribution in [-0.4, -0.2) is 54.9 Å². The fourth-order valence-corrected chi connectivity index (χ4v) is 4.22. The maximum absolute atomic E-state index is 13.3. The molecule has 0 aliphatic rings. The van der Waals surface area contributed by atoms with Crippen LogP contribution in [0.2, 0.25) is 0 Å². The highest BCUT2D eigenvalue weighted by Crippen LogP contribution is 2.30. The number of benzene rings is 2. The van der Waals surface area contributed by atoms with Gasteiger partial charge in [0.15, 0.2) is 0 Å². The van der Waals surface area contributed by atoms with Gasteiger partial charge in [0.05, 0.1) is 19.7 Å². The van der Waals surface area contributed by atoms with Crippen molar-refractivity contribution >= 4 is 22.4 Å². The van der Waals surface area contributed by atoms with Crippen LogP contribution in [-0.2, 0) is 7.05 Å². The largest absolute Gasteiger partial charge is 0.497 e. The Morgan fingerprint density at radius 2 is 1.59 bits per heavy atom. The van der Waals surface area contributed by atoms with Gasteiger partial charge in [-0.2, -0.15) is 0 Å². The lowest BCUT2D eigenvalue weighted by Crippen LogP contribution is -2.27. The summed E-state index contributed by atoms with van der Waals surface area (Å²) >= 11 is 0. The number of aromatic nitrogens is 2. The van der Waals surface area contributed by atoms with Crippen LogP contribution in [0.25, 0.3) is 22.0 Å². The first-order chi connectivity index (χ1) is 17.9. The standard InChI is InChI=1S/C29H34N4O4/c1-6-33(7-2)12-13-37-23-10-8-22(9-11-23)31-28-18-27-21(19-30-28)16-26(29(34)32(27)3)20-14-24(35-4)17-25(15-20)36-5/h8-11,14-19H,6-7,12-13H2,1-5H3,(H,30,31). The SMILES string of the molecule is CCN(CC)CCOc1ccc(Nc2cc3c(cn2)cc(-c2cc(OC)cc(OC)c2)c(=O)n3C)cc1. The molecule has 37 heavy (non-hydrogen) atoms. The molecule has 0 amide bonds. The Kier molecular flexibility index (Phi) is 8.30. The van der Waals surface area contributed by atoms with Gasteiger partial charge in [-0.1, -0.05) is 13.8 Å². The number of aryl methyl sites for hydroxylation is 1. The van der Waals surface area contributed by atoms with Crippen LogP contribution in [0.1, 0.15) is 13.8 Å². The molecule has 2 heterocycles. The second kappa shape index (κ2) is 11.8.